The topological polar surface area (TPSA) is 36.4 Å². The smallest absolute Gasteiger partial charge is 0.191 e. The summed E-state index contributed by atoms with van der Waals surface area (Å²) >= 11 is 0. The van der Waals surface area contributed by atoms with E-state index >= 15 is 0 Å². The molecule has 0 saturated heterocycles. The van der Waals surface area contributed by atoms with E-state index in [9.17, 15) is 4.39 Å². The molecular formula is C14H21FIN3. The molecule has 19 heavy (non-hydrogen) atoms. The first-order valence-electron chi connectivity index (χ1n) is 6.14. The summed E-state index contributed by atoms with van der Waals surface area (Å²) in [5.41, 5.74) is 0.695. The summed E-state index contributed by atoms with van der Waals surface area (Å²) in [6.07, 6.45) is 2.36. The molecule has 0 atom stereocenters. The maximum Gasteiger partial charge on any atom is 0.191 e. The molecule has 3 nitrogen and oxygen atoms in total. The highest BCUT2D eigenvalue weighted by atomic mass is 127. The minimum atomic E-state index is -0.170. The Morgan fingerprint density at radius 1 is 1.37 bits per heavy atom. The Labute approximate surface area is 131 Å². The van der Waals surface area contributed by atoms with Gasteiger partial charge in [0.15, 0.2) is 5.96 Å². The molecular weight excluding hydrogens is 356 g/mol. The van der Waals surface area contributed by atoms with E-state index in [1.54, 1.807) is 18.2 Å². The fourth-order valence-electron chi connectivity index (χ4n) is 1.50. The SMILES string of the molecule is C=CCNC(=NCCc1ccccc1F)NCC.I. The fourth-order valence-corrected chi connectivity index (χ4v) is 1.50. The van der Waals surface area contributed by atoms with Crippen LogP contribution in [0.3, 0.4) is 0 Å². The molecule has 0 aliphatic carbocycles. The van der Waals surface area contributed by atoms with Crippen molar-refractivity contribution >= 4 is 29.9 Å². The number of rotatable bonds is 6. The third-order valence-corrected chi connectivity index (χ3v) is 2.37. The number of nitrogens with one attached hydrogen (secondary N) is 2. The normalized spacial score (nSPS) is 10.5. The van der Waals surface area contributed by atoms with Crippen LogP contribution in [0.2, 0.25) is 0 Å². The van der Waals surface area contributed by atoms with E-state index in [2.05, 4.69) is 22.2 Å². The molecule has 0 heterocycles. The van der Waals surface area contributed by atoms with Crippen LogP contribution in [0, 0.1) is 5.82 Å². The van der Waals surface area contributed by atoms with E-state index in [4.69, 9.17) is 0 Å². The zero-order valence-electron chi connectivity index (χ0n) is 11.2. The number of halogens is 2. The number of hydrogen-bond donors (Lipinski definition) is 2. The molecule has 0 spiro atoms. The van der Waals surface area contributed by atoms with Crippen molar-refractivity contribution < 1.29 is 4.39 Å². The molecule has 0 aromatic heterocycles. The molecule has 0 aliphatic heterocycles. The average molecular weight is 377 g/mol. The van der Waals surface area contributed by atoms with Crippen molar-refractivity contribution in [2.24, 2.45) is 4.99 Å². The quantitative estimate of drug-likeness (QED) is 0.346. The highest BCUT2D eigenvalue weighted by Gasteiger charge is 2.00. The van der Waals surface area contributed by atoms with Crippen molar-refractivity contribution in [1.29, 1.82) is 0 Å². The predicted octanol–water partition coefficient (Wildman–Crippen LogP) is 2.73. The van der Waals surface area contributed by atoms with Gasteiger partial charge in [0.2, 0.25) is 0 Å². The number of aliphatic imine (C=N–C) groups is 1. The first kappa shape index (κ1) is 17.9. The van der Waals surface area contributed by atoms with Gasteiger partial charge in [-0.3, -0.25) is 4.99 Å². The summed E-state index contributed by atoms with van der Waals surface area (Å²) in [4.78, 5) is 4.37. The summed E-state index contributed by atoms with van der Waals surface area (Å²) in [6.45, 7) is 7.64. The lowest BCUT2D eigenvalue weighted by molar-refractivity contribution is 0.609. The van der Waals surface area contributed by atoms with E-state index < -0.39 is 0 Å². The maximum atomic E-state index is 13.4. The fraction of sp³-hybridized carbons (Fsp3) is 0.357. The van der Waals surface area contributed by atoms with Crippen LogP contribution in [-0.2, 0) is 6.42 Å². The maximum absolute atomic E-state index is 13.4. The van der Waals surface area contributed by atoms with Crippen molar-refractivity contribution in [3.63, 3.8) is 0 Å². The van der Waals surface area contributed by atoms with Crippen LogP contribution in [0.25, 0.3) is 0 Å². The summed E-state index contributed by atoms with van der Waals surface area (Å²) < 4.78 is 13.4. The van der Waals surface area contributed by atoms with Gasteiger partial charge in [-0.15, -0.1) is 30.6 Å². The van der Waals surface area contributed by atoms with Crippen LogP contribution in [0.1, 0.15) is 12.5 Å². The van der Waals surface area contributed by atoms with Crippen molar-refractivity contribution in [1.82, 2.24) is 10.6 Å². The molecule has 0 amide bonds. The molecule has 0 bridgehead atoms. The van der Waals surface area contributed by atoms with Crippen molar-refractivity contribution in [3.05, 3.63) is 48.3 Å². The van der Waals surface area contributed by atoms with E-state index in [1.807, 2.05) is 13.0 Å². The second-order valence-electron chi connectivity index (χ2n) is 3.77. The van der Waals surface area contributed by atoms with Gasteiger partial charge in [-0.1, -0.05) is 24.3 Å². The Hall–Kier alpha value is -1.11. The van der Waals surface area contributed by atoms with Gasteiger partial charge in [0.25, 0.3) is 0 Å². The number of nitrogens with zero attached hydrogens (tertiary/aromatic N) is 1. The Kier molecular flexibility index (Phi) is 10.1. The van der Waals surface area contributed by atoms with Crippen molar-refractivity contribution in [3.8, 4) is 0 Å². The van der Waals surface area contributed by atoms with E-state index in [-0.39, 0.29) is 29.8 Å². The Morgan fingerprint density at radius 3 is 2.74 bits per heavy atom. The zero-order chi connectivity index (χ0) is 13.2. The third kappa shape index (κ3) is 7.15. The van der Waals surface area contributed by atoms with Crippen LogP contribution in [0.15, 0.2) is 41.9 Å². The predicted molar refractivity (Wildman–Crippen MR) is 89.7 cm³/mol. The molecule has 1 rings (SSSR count). The molecule has 0 unspecified atom stereocenters. The molecule has 2 N–H and O–H groups in total. The monoisotopic (exact) mass is 377 g/mol. The summed E-state index contributed by atoms with van der Waals surface area (Å²) in [6, 6.07) is 6.79. The summed E-state index contributed by atoms with van der Waals surface area (Å²) in [5.74, 6) is 0.561. The number of guanidine groups is 1. The van der Waals surface area contributed by atoms with Gasteiger partial charge in [-0.2, -0.15) is 0 Å². The average Bonchev–Trinajstić information content (AvgIpc) is 2.38. The highest BCUT2D eigenvalue weighted by Crippen LogP contribution is 2.06. The van der Waals surface area contributed by atoms with Crippen LogP contribution >= 0.6 is 24.0 Å². The Bertz CT molecular complexity index is 407. The van der Waals surface area contributed by atoms with Crippen LogP contribution < -0.4 is 10.6 Å². The first-order valence-corrected chi connectivity index (χ1v) is 6.14. The van der Waals surface area contributed by atoms with Crippen LogP contribution in [0.4, 0.5) is 4.39 Å². The molecule has 1 aromatic carbocycles. The lowest BCUT2D eigenvalue weighted by atomic mass is 10.1. The molecule has 1 aromatic rings. The lowest BCUT2D eigenvalue weighted by Crippen LogP contribution is -2.37. The van der Waals surface area contributed by atoms with E-state index in [0.717, 1.165) is 12.5 Å². The second-order valence-corrected chi connectivity index (χ2v) is 3.77. The molecule has 0 radical (unpaired) electrons. The van der Waals surface area contributed by atoms with Gasteiger partial charge in [0, 0.05) is 19.6 Å². The minimum absolute atomic E-state index is 0. The molecule has 106 valence electrons. The standard InChI is InChI=1S/C14H20FN3.HI/c1-3-10-17-14(16-4-2)18-11-9-12-7-5-6-8-13(12)15;/h3,5-8H,1,4,9-11H2,2H3,(H2,16,17,18);1H. The van der Waals surface area contributed by atoms with Gasteiger partial charge in [-0.25, -0.2) is 4.39 Å². The Morgan fingerprint density at radius 2 is 2.11 bits per heavy atom. The summed E-state index contributed by atoms with van der Waals surface area (Å²) in [5, 5.41) is 6.21. The van der Waals surface area contributed by atoms with E-state index in [1.165, 1.54) is 6.07 Å². The second kappa shape index (κ2) is 10.8. The number of hydrogen-bond acceptors (Lipinski definition) is 1. The van der Waals surface area contributed by atoms with Gasteiger partial charge in [0.1, 0.15) is 5.82 Å². The number of benzene rings is 1. The molecule has 0 aliphatic rings. The van der Waals surface area contributed by atoms with E-state index in [0.29, 0.717) is 25.1 Å². The minimum Gasteiger partial charge on any atom is -0.357 e. The molecule has 0 saturated carbocycles. The van der Waals surface area contributed by atoms with Gasteiger partial charge < -0.3 is 10.6 Å². The third-order valence-electron chi connectivity index (χ3n) is 2.37. The first-order chi connectivity index (χ1) is 8.77. The molecule has 5 heteroatoms. The summed E-state index contributed by atoms with van der Waals surface area (Å²) in [7, 11) is 0. The lowest BCUT2D eigenvalue weighted by Gasteiger charge is -2.09. The van der Waals surface area contributed by atoms with Crippen molar-refractivity contribution in [2.45, 2.75) is 13.3 Å². The Balaban J connectivity index is 0.00000324. The highest BCUT2D eigenvalue weighted by molar-refractivity contribution is 14.0. The van der Waals surface area contributed by atoms with Crippen LogP contribution in [-0.4, -0.2) is 25.6 Å². The zero-order valence-corrected chi connectivity index (χ0v) is 13.5. The largest absolute Gasteiger partial charge is 0.357 e. The van der Waals surface area contributed by atoms with Gasteiger partial charge in [-0.05, 0) is 25.0 Å². The van der Waals surface area contributed by atoms with Crippen LogP contribution in [0.5, 0.6) is 0 Å². The van der Waals surface area contributed by atoms with Crippen molar-refractivity contribution in [2.75, 3.05) is 19.6 Å². The van der Waals surface area contributed by atoms with Gasteiger partial charge >= 0.3 is 0 Å². The molecule has 0 fully saturated rings. The van der Waals surface area contributed by atoms with Gasteiger partial charge in [0.05, 0.1) is 0 Å².